The summed E-state index contributed by atoms with van der Waals surface area (Å²) in [5.41, 5.74) is 3.76. The molecule has 70 valence electrons. The van der Waals surface area contributed by atoms with Gasteiger partial charge in [0.25, 0.3) is 0 Å². The van der Waals surface area contributed by atoms with Crippen LogP contribution in [0.1, 0.15) is 29.2 Å². The summed E-state index contributed by atoms with van der Waals surface area (Å²) in [6, 6.07) is 8.51. The van der Waals surface area contributed by atoms with E-state index in [0.29, 0.717) is 5.92 Å². The maximum atomic E-state index is 4.78. The van der Waals surface area contributed by atoms with Gasteiger partial charge < -0.3 is 4.52 Å². The maximum absolute atomic E-state index is 4.78. The first-order valence-corrected chi connectivity index (χ1v) is 4.80. The molecule has 0 saturated heterocycles. The number of nitrogens with zero attached hydrogens (tertiary/aromatic N) is 2. The van der Waals surface area contributed by atoms with E-state index in [9.17, 15) is 0 Å². The second kappa shape index (κ2) is 2.94. The van der Waals surface area contributed by atoms with Gasteiger partial charge in [-0.05, 0) is 24.0 Å². The van der Waals surface area contributed by atoms with E-state index >= 15 is 0 Å². The Morgan fingerprint density at radius 1 is 1.29 bits per heavy atom. The van der Waals surface area contributed by atoms with E-state index in [1.807, 2.05) is 0 Å². The SMILES string of the molecule is c1ccc2c(c1)CCC2c1conn1. The first-order chi connectivity index (χ1) is 6.95. The molecule has 1 atom stereocenters. The Hall–Kier alpha value is -1.64. The molecule has 14 heavy (non-hydrogen) atoms. The zero-order chi connectivity index (χ0) is 9.38. The first-order valence-electron chi connectivity index (χ1n) is 4.80. The summed E-state index contributed by atoms with van der Waals surface area (Å²) in [6.07, 6.45) is 3.90. The summed E-state index contributed by atoms with van der Waals surface area (Å²) in [4.78, 5) is 0. The minimum absolute atomic E-state index is 0.387. The molecule has 0 aliphatic heterocycles. The summed E-state index contributed by atoms with van der Waals surface area (Å²) in [5.74, 6) is 0.387. The molecule has 3 nitrogen and oxygen atoms in total. The lowest BCUT2D eigenvalue weighted by Crippen LogP contribution is -1.96. The average molecular weight is 186 g/mol. The lowest BCUT2D eigenvalue weighted by Gasteiger charge is -2.05. The number of rotatable bonds is 1. The molecule has 1 aromatic heterocycles. The summed E-state index contributed by atoms with van der Waals surface area (Å²) in [5, 5.41) is 7.50. The van der Waals surface area contributed by atoms with E-state index in [-0.39, 0.29) is 0 Å². The van der Waals surface area contributed by atoms with Crippen molar-refractivity contribution in [3.63, 3.8) is 0 Å². The zero-order valence-electron chi connectivity index (χ0n) is 7.68. The summed E-state index contributed by atoms with van der Waals surface area (Å²) in [6.45, 7) is 0. The van der Waals surface area contributed by atoms with Crippen LogP contribution < -0.4 is 0 Å². The molecule has 1 aliphatic rings. The van der Waals surface area contributed by atoms with Crippen molar-refractivity contribution in [2.45, 2.75) is 18.8 Å². The number of hydrogen-bond donors (Lipinski definition) is 0. The number of aryl methyl sites for hydroxylation is 1. The Kier molecular flexibility index (Phi) is 1.63. The molecule has 2 aromatic rings. The monoisotopic (exact) mass is 186 g/mol. The van der Waals surface area contributed by atoms with Gasteiger partial charge in [0, 0.05) is 11.2 Å². The highest BCUT2D eigenvalue weighted by Crippen LogP contribution is 2.36. The summed E-state index contributed by atoms with van der Waals surface area (Å²) >= 11 is 0. The van der Waals surface area contributed by atoms with Gasteiger partial charge in [-0.3, -0.25) is 0 Å². The van der Waals surface area contributed by atoms with Gasteiger partial charge in [-0.2, -0.15) is 0 Å². The largest absolute Gasteiger partial charge is 0.345 e. The fourth-order valence-electron chi connectivity index (χ4n) is 2.19. The van der Waals surface area contributed by atoms with Crippen LogP contribution in [0.5, 0.6) is 0 Å². The van der Waals surface area contributed by atoms with Crippen LogP contribution in [-0.2, 0) is 6.42 Å². The molecule has 0 radical (unpaired) electrons. The van der Waals surface area contributed by atoms with E-state index in [1.54, 1.807) is 6.26 Å². The van der Waals surface area contributed by atoms with Crippen LogP contribution in [0.2, 0.25) is 0 Å². The zero-order valence-corrected chi connectivity index (χ0v) is 7.68. The van der Waals surface area contributed by atoms with Crippen LogP contribution in [-0.4, -0.2) is 10.4 Å². The number of fused-ring (bicyclic) bond motifs is 1. The van der Waals surface area contributed by atoms with Crippen LogP contribution in [0.15, 0.2) is 35.1 Å². The van der Waals surface area contributed by atoms with Crippen molar-refractivity contribution in [1.82, 2.24) is 10.4 Å². The van der Waals surface area contributed by atoms with Gasteiger partial charge in [-0.15, -0.1) is 5.10 Å². The van der Waals surface area contributed by atoms with E-state index < -0.39 is 0 Å². The quantitative estimate of drug-likeness (QED) is 0.685. The molecule has 3 rings (SSSR count). The lowest BCUT2D eigenvalue weighted by molar-refractivity contribution is 0.392. The Bertz CT molecular complexity index is 436. The molecule has 0 saturated carbocycles. The van der Waals surface area contributed by atoms with Crippen LogP contribution >= 0.6 is 0 Å². The minimum atomic E-state index is 0.387. The van der Waals surface area contributed by atoms with Crippen molar-refractivity contribution in [1.29, 1.82) is 0 Å². The van der Waals surface area contributed by atoms with Gasteiger partial charge >= 0.3 is 0 Å². The third kappa shape index (κ3) is 1.05. The molecule has 1 aromatic carbocycles. The van der Waals surface area contributed by atoms with E-state index in [1.165, 1.54) is 11.1 Å². The molecule has 0 bridgehead atoms. The molecular formula is C11H10N2O. The van der Waals surface area contributed by atoms with Crippen LogP contribution in [0.4, 0.5) is 0 Å². The molecule has 1 unspecified atom stereocenters. The topological polar surface area (TPSA) is 38.9 Å². The van der Waals surface area contributed by atoms with Crippen molar-refractivity contribution in [3.8, 4) is 0 Å². The average Bonchev–Trinajstić information content (AvgIpc) is 2.85. The highest BCUT2D eigenvalue weighted by atomic mass is 16.5. The standard InChI is InChI=1S/C11H10N2O/c1-2-4-9-8(3-1)5-6-10(9)11-7-14-13-12-11/h1-4,7,10H,5-6H2. The number of aromatic nitrogens is 2. The van der Waals surface area contributed by atoms with Gasteiger partial charge in [-0.25, -0.2) is 0 Å². The van der Waals surface area contributed by atoms with E-state index in [2.05, 4.69) is 34.6 Å². The number of benzene rings is 1. The Morgan fingerprint density at radius 2 is 2.21 bits per heavy atom. The van der Waals surface area contributed by atoms with E-state index in [0.717, 1.165) is 18.5 Å². The third-order valence-corrected chi connectivity index (χ3v) is 2.87. The van der Waals surface area contributed by atoms with Gasteiger partial charge in [0.15, 0.2) is 0 Å². The molecule has 1 aliphatic carbocycles. The first kappa shape index (κ1) is 7.74. The fraction of sp³-hybridized carbons (Fsp3) is 0.273. The molecule has 0 fully saturated rings. The molecule has 0 amide bonds. The smallest absolute Gasteiger partial charge is 0.148 e. The lowest BCUT2D eigenvalue weighted by atomic mass is 9.99. The summed E-state index contributed by atoms with van der Waals surface area (Å²) in [7, 11) is 0. The van der Waals surface area contributed by atoms with Crippen LogP contribution in [0.25, 0.3) is 0 Å². The van der Waals surface area contributed by atoms with Crippen molar-refractivity contribution in [2.24, 2.45) is 0 Å². The van der Waals surface area contributed by atoms with Gasteiger partial charge in [0.05, 0.1) is 0 Å². The molecule has 0 spiro atoms. The fourth-order valence-corrected chi connectivity index (χ4v) is 2.19. The second-order valence-electron chi connectivity index (χ2n) is 3.62. The summed E-state index contributed by atoms with van der Waals surface area (Å²) < 4.78 is 4.78. The molecule has 0 N–H and O–H groups in total. The highest BCUT2D eigenvalue weighted by molar-refractivity contribution is 5.39. The third-order valence-electron chi connectivity index (χ3n) is 2.87. The van der Waals surface area contributed by atoms with Gasteiger partial charge in [0.1, 0.15) is 12.0 Å². The van der Waals surface area contributed by atoms with Gasteiger partial charge in [0.2, 0.25) is 0 Å². The molecule has 3 heteroatoms. The Labute approximate surface area is 81.7 Å². The highest BCUT2D eigenvalue weighted by Gasteiger charge is 2.25. The predicted octanol–water partition coefficient (Wildman–Crippen LogP) is 2.15. The van der Waals surface area contributed by atoms with Gasteiger partial charge in [-0.1, -0.05) is 24.3 Å². The maximum Gasteiger partial charge on any atom is 0.148 e. The Balaban J connectivity index is 2.06. The second-order valence-corrected chi connectivity index (χ2v) is 3.62. The minimum Gasteiger partial charge on any atom is -0.345 e. The van der Waals surface area contributed by atoms with Crippen LogP contribution in [0.3, 0.4) is 0 Å². The van der Waals surface area contributed by atoms with E-state index in [4.69, 9.17) is 4.52 Å². The molecular weight excluding hydrogens is 176 g/mol. The van der Waals surface area contributed by atoms with Crippen molar-refractivity contribution in [3.05, 3.63) is 47.3 Å². The number of hydrogen-bond acceptors (Lipinski definition) is 3. The molecule has 1 heterocycles. The van der Waals surface area contributed by atoms with Crippen molar-refractivity contribution >= 4 is 0 Å². The normalized spacial score (nSPS) is 19.6. The van der Waals surface area contributed by atoms with Crippen molar-refractivity contribution in [2.75, 3.05) is 0 Å². The van der Waals surface area contributed by atoms with Crippen LogP contribution in [0, 0.1) is 0 Å². The van der Waals surface area contributed by atoms with Crippen molar-refractivity contribution < 1.29 is 4.52 Å². The predicted molar refractivity (Wildman–Crippen MR) is 50.9 cm³/mol. The Morgan fingerprint density at radius 3 is 3.07 bits per heavy atom.